The SMILES string of the molecule is CNC(=O)c1ccnc2c(CCNc3cc(-c4cnc(C)c(C)c4)ncn3)cccc12. The Balaban J connectivity index is 1.50. The van der Waals surface area contributed by atoms with Gasteiger partial charge in [0.05, 0.1) is 16.8 Å². The van der Waals surface area contributed by atoms with Crippen LogP contribution in [0.25, 0.3) is 22.2 Å². The molecule has 31 heavy (non-hydrogen) atoms. The van der Waals surface area contributed by atoms with Crippen LogP contribution in [0.5, 0.6) is 0 Å². The second kappa shape index (κ2) is 8.87. The van der Waals surface area contributed by atoms with Crippen molar-refractivity contribution in [3.05, 3.63) is 77.5 Å². The van der Waals surface area contributed by atoms with Crippen LogP contribution in [0.2, 0.25) is 0 Å². The molecule has 0 atom stereocenters. The van der Waals surface area contributed by atoms with Crippen LogP contribution in [0, 0.1) is 13.8 Å². The van der Waals surface area contributed by atoms with Gasteiger partial charge in [0.25, 0.3) is 5.91 Å². The average Bonchev–Trinajstić information content (AvgIpc) is 2.80. The van der Waals surface area contributed by atoms with E-state index in [2.05, 4.69) is 36.6 Å². The summed E-state index contributed by atoms with van der Waals surface area (Å²) in [7, 11) is 1.63. The number of hydrogen-bond acceptors (Lipinski definition) is 6. The van der Waals surface area contributed by atoms with E-state index in [1.54, 1.807) is 25.6 Å². The number of aryl methyl sites for hydroxylation is 2. The molecule has 0 aliphatic heterocycles. The van der Waals surface area contributed by atoms with Crippen molar-refractivity contribution in [3.63, 3.8) is 0 Å². The molecule has 3 aromatic heterocycles. The molecule has 3 heterocycles. The van der Waals surface area contributed by atoms with Gasteiger partial charge < -0.3 is 10.6 Å². The molecule has 0 radical (unpaired) electrons. The van der Waals surface area contributed by atoms with Gasteiger partial charge in [-0.05, 0) is 43.5 Å². The number of carbonyl (C=O) groups excluding carboxylic acids is 1. The summed E-state index contributed by atoms with van der Waals surface area (Å²) in [4.78, 5) is 29.8. The fourth-order valence-electron chi connectivity index (χ4n) is 3.49. The number of fused-ring (bicyclic) bond motifs is 1. The van der Waals surface area contributed by atoms with Crippen LogP contribution >= 0.6 is 0 Å². The minimum atomic E-state index is -0.114. The van der Waals surface area contributed by atoms with E-state index in [0.717, 1.165) is 51.2 Å². The molecule has 1 aromatic carbocycles. The average molecular weight is 412 g/mol. The zero-order valence-electron chi connectivity index (χ0n) is 17.8. The van der Waals surface area contributed by atoms with E-state index >= 15 is 0 Å². The summed E-state index contributed by atoms with van der Waals surface area (Å²) in [5.74, 6) is 0.638. The van der Waals surface area contributed by atoms with Crippen molar-refractivity contribution in [2.24, 2.45) is 0 Å². The highest BCUT2D eigenvalue weighted by atomic mass is 16.1. The van der Waals surface area contributed by atoms with Gasteiger partial charge in [-0.25, -0.2) is 9.97 Å². The van der Waals surface area contributed by atoms with Gasteiger partial charge in [-0.1, -0.05) is 18.2 Å². The third-order valence-electron chi connectivity index (χ3n) is 5.33. The summed E-state index contributed by atoms with van der Waals surface area (Å²) >= 11 is 0. The standard InChI is InChI=1S/C24H24N6O/c1-15-11-18(13-28-16(15)2)21-12-22(30-14-29-21)26-9-7-17-5-4-6-19-20(24(31)25-3)8-10-27-23(17)19/h4-6,8,10-14H,7,9H2,1-3H3,(H,25,31)(H,26,29,30). The number of rotatable bonds is 6. The Morgan fingerprint density at radius 3 is 2.71 bits per heavy atom. The van der Waals surface area contributed by atoms with Gasteiger partial charge >= 0.3 is 0 Å². The predicted molar refractivity (Wildman–Crippen MR) is 122 cm³/mol. The molecule has 0 aliphatic rings. The maximum Gasteiger partial charge on any atom is 0.251 e. The van der Waals surface area contributed by atoms with Crippen molar-refractivity contribution >= 4 is 22.6 Å². The van der Waals surface area contributed by atoms with Gasteiger partial charge in [-0.15, -0.1) is 0 Å². The molecule has 0 saturated heterocycles. The minimum absolute atomic E-state index is 0.114. The second-order valence-corrected chi connectivity index (χ2v) is 7.34. The Labute approximate surface area is 181 Å². The van der Waals surface area contributed by atoms with Crippen LogP contribution in [0.1, 0.15) is 27.2 Å². The van der Waals surface area contributed by atoms with Crippen molar-refractivity contribution in [1.82, 2.24) is 25.3 Å². The third-order valence-corrected chi connectivity index (χ3v) is 5.33. The number of carbonyl (C=O) groups is 1. The van der Waals surface area contributed by atoms with Crippen molar-refractivity contribution < 1.29 is 4.79 Å². The van der Waals surface area contributed by atoms with Crippen LogP contribution in [-0.4, -0.2) is 39.4 Å². The molecule has 2 N–H and O–H groups in total. The summed E-state index contributed by atoms with van der Waals surface area (Å²) in [6, 6.07) is 11.7. The van der Waals surface area contributed by atoms with Crippen LogP contribution < -0.4 is 10.6 Å². The smallest absolute Gasteiger partial charge is 0.251 e. The normalized spacial score (nSPS) is 10.8. The molecule has 0 unspecified atom stereocenters. The number of amides is 1. The Morgan fingerprint density at radius 2 is 1.90 bits per heavy atom. The molecular weight excluding hydrogens is 388 g/mol. The van der Waals surface area contributed by atoms with Crippen molar-refractivity contribution in [2.75, 3.05) is 18.9 Å². The topological polar surface area (TPSA) is 92.7 Å². The molecule has 4 rings (SSSR count). The maximum absolute atomic E-state index is 12.2. The Kier molecular flexibility index (Phi) is 5.84. The lowest BCUT2D eigenvalue weighted by molar-refractivity contribution is 0.0964. The first-order valence-corrected chi connectivity index (χ1v) is 10.1. The largest absolute Gasteiger partial charge is 0.370 e. The number of hydrogen-bond donors (Lipinski definition) is 2. The fourth-order valence-corrected chi connectivity index (χ4v) is 3.49. The van der Waals surface area contributed by atoms with E-state index in [0.29, 0.717) is 12.1 Å². The van der Waals surface area contributed by atoms with Gasteiger partial charge in [0.15, 0.2) is 0 Å². The number of nitrogens with one attached hydrogen (secondary N) is 2. The van der Waals surface area contributed by atoms with Crippen LogP contribution in [0.3, 0.4) is 0 Å². The molecule has 0 bridgehead atoms. The first kappa shape index (κ1) is 20.4. The fraction of sp³-hybridized carbons (Fsp3) is 0.208. The summed E-state index contributed by atoms with van der Waals surface area (Å²) in [6.45, 7) is 4.71. The number of nitrogens with zero attached hydrogens (tertiary/aromatic N) is 4. The minimum Gasteiger partial charge on any atom is -0.370 e. The molecule has 7 nitrogen and oxygen atoms in total. The van der Waals surface area contributed by atoms with E-state index in [9.17, 15) is 4.79 Å². The van der Waals surface area contributed by atoms with Gasteiger partial charge in [0.1, 0.15) is 12.1 Å². The zero-order chi connectivity index (χ0) is 21.8. The molecule has 7 heteroatoms. The van der Waals surface area contributed by atoms with E-state index in [-0.39, 0.29) is 5.91 Å². The molecule has 0 spiro atoms. The first-order valence-electron chi connectivity index (χ1n) is 10.1. The first-order chi connectivity index (χ1) is 15.1. The number of para-hydroxylation sites is 1. The highest BCUT2D eigenvalue weighted by molar-refractivity contribution is 6.06. The van der Waals surface area contributed by atoms with Crippen LogP contribution in [0.4, 0.5) is 5.82 Å². The van der Waals surface area contributed by atoms with Gasteiger partial charge in [-0.3, -0.25) is 14.8 Å². The van der Waals surface area contributed by atoms with Crippen molar-refractivity contribution in [1.29, 1.82) is 0 Å². The lowest BCUT2D eigenvalue weighted by atomic mass is 10.0. The number of pyridine rings is 2. The lowest BCUT2D eigenvalue weighted by Gasteiger charge is -2.11. The molecule has 1 amide bonds. The molecule has 156 valence electrons. The van der Waals surface area contributed by atoms with E-state index in [1.165, 1.54) is 0 Å². The predicted octanol–water partition coefficient (Wildman–Crippen LogP) is 3.72. The number of aromatic nitrogens is 4. The highest BCUT2D eigenvalue weighted by Crippen LogP contribution is 2.22. The van der Waals surface area contributed by atoms with Gasteiger partial charge in [0.2, 0.25) is 0 Å². The lowest BCUT2D eigenvalue weighted by Crippen LogP contribution is -2.18. The molecule has 0 fully saturated rings. The maximum atomic E-state index is 12.2. The number of benzene rings is 1. The zero-order valence-corrected chi connectivity index (χ0v) is 17.8. The summed E-state index contributed by atoms with van der Waals surface area (Å²) in [5.41, 5.74) is 6.48. The Bertz CT molecular complexity index is 1250. The molecule has 4 aromatic rings. The van der Waals surface area contributed by atoms with Crippen LogP contribution in [-0.2, 0) is 6.42 Å². The number of anilines is 1. The quantitative estimate of drug-likeness (QED) is 0.501. The summed E-state index contributed by atoms with van der Waals surface area (Å²) in [5, 5.41) is 6.90. The molecule has 0 saturated carbocycles. The monoisotopic (exact) mass is 412 g/mol. The van der Waals surface area contributed by atoms with E-state index in [4.69, 9.17) is 0 Å². The highest BCUT2D eigenvalue weighted by Gasteiger charge is 2.11. The molecular formula is C24H24N6O. The third kappa shape index (κ3) is 4.35. The van der Waals surface area contributed by atoms with Crippen molar-refractivity contribution in [2.45, 2.75) is 20.3 Å². The summed E-state index contributed by atoms with van der Waals surface area (Å²) < 4.78 is 0. The second-order valence-electron chi connectivity index (χ2n) is 7.34. The Hall–Kier alpha value is -3.87. The summed E-state index contributed by atoms with van der Waals surface area (Å²) in [6.07, 6.45) is 5.81. The van der Waals surface area contributed by atoms with Gasteiger partial charge in [0, 0.05) is 48.7 Å². The molecule has 0 aliphatic carbocycles. The van der Waals surface area contributed by atoms with Crippen molar-refractivity contribution in [3.8, 4) is 11.3 Å². The Morgan fingerprint density at radius 1 is 1.03 bits per heavy atom. The van der Waals surface area contributed by atoms with Crippen LogP contribution in [0.15, 0.2) is 55.1 Å². The van der Waals surface area contributed by atoms with Gasteiger partial charge in [-0.2, -0.15) is 0 Å². The van der Waals surface area contributed by atoms with E-state index < -0.39 is 0 Å². The van der Waals surface area contributed by atoms with E-state index in [1.807, 2.05) is 44.3 Å².